The van der Waals surface area contributed by atoms with E-state index < -0.39 is 0 Å². The number of hydrogen-bond acceptors (Lipinski definition) is 6. The lowest BCUT2D eigenvalue weighted by Crippen LogP contribution is -2.47. The molecule has 29 heavy (non-hydrogen) atoms. The Kier molecular flexibility index (Phi) is 4.16. The standard InChI is InChI=1S/C22H19FN4O2/c1-14(28)15-6-7-18(17(23)12-15)26-8-10-27(11-9-26)22-21-20(24-13-25-22)16-4-2-3-5-19(16)29-21/h2-7,12-13H,8-11H2,1H3. The number of anilines is 2. The highest BCUT2D eigenvalue weighted by Crippen LogP contribution is 2.33. The summed E-state index contributed by atoms with van der Waals surface area (Å²) in [6, 6.07) is 12.5. The number of carbonyl (C=O) groups excluding carboxylic acids is 1. The van der Waals surface area contributed by atoms with Gasteiger partial charge in [0.05, 0.1) is 5.69 Å². The first-order valence-corrected chi connectivity index (χ1v) is 9.54. The number of piperazine rings is 1. The largest absolute Gasteiger partial charge is 0.450 e. The third kappa shape index (κ3) is 2.99. The van der Waals surface area contributed by atoms with Gasteiger partial charge < -0.3 is 14.2 Å². The van der Waals surface area contributed by atoms with Crippen LogP contribution in [-0.2, 0) is 0 Å². The molecule has 2 aromatic heterocycles. The molecule has 0 bridgehead atoms. The predicted octanol–water partition coefficient (Wildman–Crippen LogP) is 4.04. The fraction of sp³-hybridized carbons (Fsp3) is 0.227. The maximum Gasteiger partial charge on any atom is 0.196 e. The number of benzene rings is 2. The Morgan fingerprint density at radius 1 is 1.03 bits per heavy atom. The van der Waals surface area contributed by atoms with Crippen molar-refractivity contribution in [2.24, 2.45) is 0 Å². The molecule has 0 spiro atoms. The van der Waals surface area contributed by atoms with Gasteiger partial charge in [-0.25, -0.2) is 14.4 Å². The molecule has 4 aromatic rings. The van der Waals surface area contributed by atoms with Crippen LogP contribution in [0.4, 0.5) is 15.9 Å². The summed E-state index contributed by atoms with van der Waals surface area (Å²) in [6.45, 7) is 4.08. The number of para-hydroxylation sites is 1. The second-order valence-electron chi connectivity index (χ2n) is 7.17. The van der Waals surface area contributed by atoms with Crippen LogP contribution in [0.3, 0.4) is 0 Å². The predicted molar refractivity (Wildman–Crippen MR) is 110 cm³/mol. The average molecular weight is 390 g/mol. The molecule has 146 valence electrons. The van der Waals surface area contributed by atoms with E-state index in [4.69, 9.17) is 4.42 Å². The Bertz CT molecular complexity index is 1230. The summed E-state index contributed by atoms with van der Waals surface area (Å²) in [7, 11) is 0. The van der Waals surface area contributed by atoms with Crippen molar-refractivity contribution in [3.8, 4) is 0 Å². The molecule has 1 saturated heterocycles. The van der Waals surface area contributed by atoms with E-state index in [0.29, 0.717) is 43.0 Å². The lowest BCUT2D eigenvalue weighted by Gasteiger charge is -2.36. The number of aromatic nitrogens is 2. The molecule has 0 radical (unpaired) electrons. The van der Waals surface area contributed by atoms with E-state index in [2.05, 4.69) is 14.9 Å². The molecule has 1 fully saturated rings. The van der Waals surface area contributed by atoms with Crippen molar-refractivity contribution < 1.29 is 13.6 Å². The quantitative estimate of drug-likeness (QED) is 0.492. The van der Waals surface area contributed by atoms with Crippen molar-refractivity contribution >= 4 is 39.4 Å². The molecule has 1 aliphatic rings. The number of furan rings is 1. The van der Waals surface area contributed by atoms with E-state index >= 15 is 0 Å². The van der Waals surface area contributed by atoms with Crippen molar-refractivity contribution in [2.45, 2.75) is 6.92 Å². The van der Waals surface area contributed by atoms with E-state index in [1.807, 2.05) is 29.2 Å². The van der Waals surface area contributed by atoms with Gasteiger partial charge in [-0.2, -0.15) is 0 Å². The molecule has 0 atom stereocenters. The number of hydrogen-bond donors (Lipinski definition) is 0. The lowest BCUT2D eigenvalue weighted by molar-refractivity contribution is 0.101. The summed E-state index contributed by atoms with van der Waals surface area (Å²) in [4.78, 5) is 24.5. The van der Waals surface area contributed by atoms with E-state index in [-0.39, 0.29) is 11.6 Å². The summed E-state index contributed by atoms with van der Waals surface area (Å²) in [5.74, 6) is 0.255. The van der Waals surface area contributed by atoms with Crippen LogP contribution in [0.15, 0.2) is 53.2 Å². The second-order valence-corrected chi connectivity index (χ2v) is 7.17. The Labute approximate surface area is 166 Å². The fourth-order valence-electron chi connectivity index (χ4n) is 3.88. The molecule has 0 saturated carbocycles. The number of nitrogens with zero attached hydrogens (tertiary/aromatic N) is 4. The van der Waals surface area contributed by atoms with Crippen LogP contribution < -0.4 is 9.80 Å². The Morgan fingerprint density at radius 2 is 1.79 bits per heavy atom. The summed E-state index contributed by atoms with van der Waals surface area (Å²) in [5, 5.41) is 0.970. The van der Waals surface area contributed by atoms with Gasteiger partial charge in [0, 0.05) is 37.1 Å². The van der Waals surface area contributed by atoms with Crippen LogP contribution in [0.1, 0.15) is 17.3 Å². The van der Waals surface area contributed by atoms with Gasteiger partial charge in [-0.3, -0.25) is 4.79 Å². The summed E-state index contributed by atoms with van der Waals surface area (Å²) >= 11 is 0. The minimum atomic E-state index is -0.368. The van der Waals surface area contributed by atoms with Crippen molar-refractivity contribution in [3.05, 3.63) is 60.2 Å². The van der Waals surface area contributed by atoms with Crippen LogP contribution in [0.2, 0.25) is 0 Å². The zero-order valence-electron chi connectivity index (χ0n) is 15.9. The Hall–Kier alpha value is -3.48. The maximum absolute atomic E-state index is 14.5. The summed E-state index contributed by atoms with van der Waals surface area (Å²) in [5.41, 5.74) is 3.18. The minimum absolute atomic E-state index is 0.140. The van der Waals surface area contributed by atoms with Crippen molar-refractivity contribution in [2.75, 3.05) is 36.0 Å². The molecule has 0 unspecified atom stereocenters. The molecule has 2 aromatic carbocycles. The number of halogens is 1. The summed E-state index contributed by atoms with van der Waals surface area (Å²) in [6.07, 6.45) is 1.56. The van der Waals surface area contributed by atoms with Crippen LogP contribution in [0, 0.1) is 5.82 Å². The molecule has 7 heteroatoms. The van der Waals surface area contributed by atoms with Gasteiger partial charge in [-0.1, -0.05) is 12.1 Å². The molecular formula is C22H19FN4O2. The monoisotopic (exact) mass is 390 g/mol. The van der Waals surface area contributed by atoms with E-state index in [0.717, 1.165) is 22.3 Å². The Balaban J connectivity index is 1.40. The topological polar surface area (TPSA) is 62.5 Å². The highest BCUT2D eigenvalue weighted by molar-refractivity contribution is 6.05. The van der Waals surface area contributed by atoms with Crippen LogP contribution in [0.5, 0.6) is 0 Å². The number of ketones is 1. The zero-order chi connectivity index (χ0) is 20.0. The molecular weight excluding hydrogens is 371 g/mol. The van der Waals surface area contributed by atoms with Crippen molar-refractivity contribution in [3.63, 3.8) is 0 Å². The number of rotatable bonds is 3. The highest BCUT2D eigenvalue weighted by atomic mass is 19.1. The fourth-order valence-corrected chi connectivity index (χ4v) is 3.88. The average Bonchev–Trinajstić information content (AvgIpc) is 3.13. The first-order valence-electron chi connectivity index (χ1n) is 9.54. The van der Waals surface area contributed by atoms with Gasteiger partial charge in [-0.15, -0.1) is 0 Å². The normalized spacial score (nSPS) is 14.7. The number of Topliss-reactive ketones (excluding diaryl/α,β-unsaturated/α-hetero) is 1. The first-order chi connectivity index (χ1) is 14.1. The van der Waals surface area contributed by atoms with E-state index in [1.54, 1.807) is 18.5 Å². The van der Waals surface area contributed by atoms with Gasteiger partial charge in [0.2, 0.25) is 0 Å². The van der Waals surface area contributed by atoms with Crippen LogP contribution in [0.25, 0.3) is 22.1 Å². The summed E-state index contributed by atoms with van der Waals surface area (Å²) < 4.78 is 20.5. The molecule has 1 aliphatic heterocycles. The molecule has 3 heterocycles. The molecule has 0 aliphatic carbocycles. The number of fused-ring (bicyclic) bond motifs is 3. The van der Waals surface area contributed by atoms with Gasteiger partial charge in [-0.05, 0) is 37.3 Å². The highest BCUT2D eigenvalue weighted by Gasteiger charge is 2.24. The Morgan fingerprint density at radius 3 is 2.55 bits per heavy atom. The third-order valence-corrected chi connectivity index (χ3v) is 5.41. The van der Waals surface area contributed by atoms with Crippen molar-refractivity contribution in [1.82, 2.24) is 9.97 Å². The van der Waals surface area contributed by atoms with Gasteiger partial charge in [0.1, 0.15) is 23.2 Å². The second kappa shape index (κ2) is 6.84. The van der Waals surface area contributed by atoms with Crippen molar-refractivity contribution in [1.29, 1.82) is 0 Å². The van der Waals surface area contributed by atoms with E-state index in [1.165, 1.54) is 13.0 Å². The molecule has 5 rings (SSSR count). The SMILES string of the molecule is CC(=O)c1ccc(N2CCN(c3ncnc4c3oc3ccccc34)CC2)c(F)c1. The first kappa shape index (κ1) is 17.6. The third-order valence-electron chi connectivity index (χ3n) is 5.41. The lowest BCUT2D eigenvalue weighted by atomic mass is 10.1. The molecule has 0 N–H and O–H groups in total. The van der Waals surface area contributed by atoms with Crippen LogP contribution >= 0.6 is 0 Å². The van der Waals surface area contributed by atoms with Gasteiger partial charge in [0.15, 0.2) is 17.2 Å². The van der Waals surface area contributed by atoms with E-state index in [9.17, 15) is 9.18 Å². The van der Waals surface area contributed by atoms with Gasteiger partial charge in [0.25, 0.3) is 0 Å². The minimum Gasteiger partial charge on any atom is -0.450 e. The van der Waals surface area contributed by atoms with Gasteiger partial charge >= 0.3 is 0 Å². The smallest absolute Gasteiger partial charge is 0.196 e. The number of carbonyl (C=O) groups is 1. The molecule has 0 amide bonds. The zero-order valence-corrected chi connectivity index (χ0v) is 15.9. The molecule has 6 nitrogen and oxygen atoms in total. The maximum atomic E-state index is 14.5. The van der Waals surface area contributed by atoms with Crippen LogP contribution in [-0.4, -0.2) is 41.9 Å².